The van der Waals surface area contributed by atoms with Crippen LogP contribution in [0, 0.1) is 52.8 Å². The van der Waals surface area contributed by atoms with Gasteiger partial charge in [0.25, 0.3) is 0 Å². The highest BCUT2D eigenvalue weighted by molar-refractivity contribution is 9.10. The average Bonchev–Trinajstić information content (AvgIpc) is 1.74. The van der Waals surface area contributed by atoms with E-state index in [-0.39, 0.29) is 70.5 Å². The Morgan fingerprint density at radius 1 is 0.290 bits per heavy atom. The maximum absolute atomic E-state index is 13.6. The second kappa shape index (κ2) is 46.5. The van der Waals surface area contributed by atoms with Gasteiger partial charge in [0.2, 0.25) is 17.7 Å². The van der Waals surface area contributed by atoms with Gasteiger partial charge in [-0.05, 0) is 332 Å². The minimum absolute atomic E-state index is 0.0313. The first-order valence-corrected chi connectivity index (χ1v) is 51.4. The molecular weight excluding hydrogens is 1920 g/mol. The molecule has 758 valence electrons. The molecule has 0 aromatic heterocycles. The first kappa shape index (κ1) is 101. The summed E-state index contributed by atoms with van der Waals surface area (Å²) in [6.07, 6.45) is 7.11. The van der Waals surface area contributed by atoms with Crippen molar-refractivity contribution in [3.8, 4) is 34.5 Å². The Labute approximate surface area is 848 Å². The van der Waals surface area contributed by atoms with Gasteiger partial charge in [-0.3, -0.25) is 19.2 Å². The number of anilines is 4. The van der Waals surface area contributed by atoms with E-state index in [4.69, 9.17) is 33.5 Å². The van der Waals surface area contributed by atoms with Crippen LogP contribution in [0.3, 0.4) is 0 Å². The van der Waals surface area contributed by atoms with Crippen LogP contribution in [-0.4, -0.2) is 228 Å². The Balaban J connectivity index is 0.000000120. The first-order chi connectivity index (χ1) is 70.5. The van der Waals surface area contributed by atoms with Gasteiger partial charge >= 0.3 is 5.97 Å². The van der Waals surface area contributed by atoms with Crippen molar-refractivity contribution in [3.05, 3.63) is 287 Å². The minimum atomic E-state index is -0.867. The molecule has 10 aliphatic heterocycles. The summed E-state index contributed by atoms with van der Waals surface area (Å²) in [6, 6.07) is 68.5. The number of hydrogen-bond acceptors (Lipinski definition) is 20. The van der Waals surface area contributed by atoms with Crippen molar-refractivity contribution >= 4 is 116 Å². The molecule has 145 heavy (non-hydrogen) atoms. The van der Waals surface area contributed by atoms with Crippen molar-refractivity contribution in [1.82, 2.24) is 30.7 Å². The maximum atomic E-state index is 13.6. The molecule has 24 nitrogen and oxygen atoms in total. The zero-order valence-electron chi connectivity index (χ0n) is 80.9. The molecule has 23 rings (SSSR count). The molecule has 10 atom stereocenters. The highest BCUT2D eigenvalue weighted by Gasteiger charge is 2.39. The lowest BCUT2D eigenvalue weighted by molar-refractivity contribution is -0.141. The Bertz CT molecular complexity index is 6280. The third-order valence-corrected chi connectivity index (χ3v) is 29.9. The van der Waals surface area contributed by atoms with Crippen molar-refractivity contribution < 1.29 is 90.0 Å². The molecule has 7 fully saturated rings. The number of nitrogens with zero attached hydrogens (tertiary/aromatic N) is 7. The highest BCUT2D eigenvalue weighted by atomic mass is 79.9. The summed E-state index contributed by atoms with van der Waals surface area (Å²) in [4.78, 5) is 67.0. The molecule has 2 unspecified atom stereocenters. The molecule has 30 heteroatoms. The predicted octanol–water partition coefficient (Wildman–Crippen LogP) is 18.3. The zero-order valence-corrected chi connectivity index (χ0v) is 82.5. The average molecular weight is 2040 g/mol. The third-order valence-electron chi connectivity index (χ3n) is 29.4. The van der Waals surface area contributed by atoms with E-state index in [0.717, 1.165) is 204 Å². The number of fused-ring (bicyclic) bond motifs is 8. The van der Waals surface area contributed by atoms with Crippen molar-refractivity contribution in [2.75, 3.05) is 171 Å². The van der Waals surface area contributed by atoms with Crippen molar-refractivity contribution in [1.29, 1.82) is 0 Å². The molecule has 13 aromatic rings. The molecule has 10 heterocycles. The molecular formula is C115H122BrF5N10O14. The van der Waals surface area contributed by atoms with E-state index >= 15 is 0 Å². The van der Waals surface area contributed by atoms with Gasteiger partial charge in [0, 0.05) is 99.2 Å². The Morgan fingerprint density at radius 3 is 0.793 bits per heavy atom. The van der Waals surface area contributed by atoms with E-state index in [0.29, 0.717) is 143 Å². The minimum Gasteiger partial charge on any atom is -0.486 e. The smallest absolute Gasteiger partial charge is 0.308 e. The monoisotopic (exact) mass is 2040 g/mol. The number of aliphatic carboxylic acids is 1. The van der Waals surface area contributed by atoms with Crippen molar-refractivity contribution in [2.45, 2.75) is 101 Å². The van der Waals surface area contributed by atoms with Gasteiger partial charge in [-0.15, -0.1) is 0 Å². The number of hydrogen-bond donors (Lipinski definition) is 7. The van der Waals surface area contributed by atoms with E-state index in [9.17, 15) is 56.4 Å². The number of ether oxygens (including phenoxy) is 6. The van der Waals surface area contributed by atoms with Crippen LogP contribution in [0.15, 0.2) is 241 Å². The number of amides is 3. The van der Waals surface area contributed by atoms with Gasteiger partial charge in [-0.2, -0.15) is 0 Å². The normalized spacial score (nSPS) is 19.9. The maximum Gasteiger partial charge on any atom is 0.308 e. The van der Waals surface area contributed by atoms with Gasteiger partial charge in [0.15, 0.2) is 34.5 Å². The largest absolute Gasteiger partial charge is 0.486 e. The van der Waals surface area contributed by atoms with E-state index in [2.05, 4.69) is 84.4 Å². The second-order valence-electron chi connectivity index (χ2n) is 39.3. The fraction of sp³-hybridized carbons (Fsp3) is 0.374. The first-order valence-electron chi connectivity index (χ1n) is 50.6. The van der Waals surface area contributed by atoms with Crippen LogP contribution in [0.1, 0.15) is 99.2 Å². The molecule has 0 aliphatic carbocycles. The summed E-state index contributed by atoms with van der Waals surface area (Å²) < 4.78 is 102. The Kier molecular flexibility index (Phi) is 32.3. The molecule has 0 bridgehead atoms. The van der Waals surface area contributed by atoms with Gasteiger partial charge in [0.1, 0.15) is 87.0 Å². The summed E-state index contributed by atoms with van der Waals surface area (Å²) in [6.45, 7) is 16.0. The van der Waals surface area contributed by atoms with Gasteiger partial charge in [-0.25, -0.2) is 22.0 Å². The Hall–Kier alpha value is -13.1. The summed E-state index contributed by atoms with van der Waals surface area (Å²) >= 11 is 3.36. The van der Waals surface area contributed by atoms with Gasteiger partial charge in [0.05, 0.1) is 41.8 Å². The van der Waals surface area contributed by atoms with Crippen LogP contribution < -0.4 is 64.0 Å². The summed E-state index contributed by atoms with van der Waals surface area (Å²) in [5.41, 5.74) is 6.22. The van der Waals surface area contributed by atoms with Crippen LogP contribution in [-0.2, 0) is 19.2 Å². The Morgan fingerprint density at radius 2 is 0.524 bits per heavy atom. The van der Waals surface area contributed by atoms with Crippen LogP contribution in [0.4, 0.5) is 44.7 Å². The van der Waals surface area contributed by atoms with Crippen molar-refractivity contribution in [3.63, 3.8) is 0 Å². The molecule has 13 aromatic carbocycles. The second-order valence-corrected chi connectivity index (χ2v) is 40.2. The lowest BCUT2D eigenvalue weighted by Crippen LogP contribution is -2.48. The molecule has 0 spiro atoms. The van der Waals surface area contributed by atoms with Gasteiger partial charge < -0.3 is 99.1 Å². The number of carbonyl (C=O) groups is 4. The van der Waals surface area contributed by atoms with Gasteiger partial charge in [-0.1, -0.05) is 94.8 Å². The molecule has 10 aliphatic rings. The highest BCUT2D eigenvalue weighted by Crippen LogP contribution is 2.41. The number of aliphatic hydroxyl groups excluding tert-OH is 3. The topological polar surface area (TPSA) is 263 Å². The van der Waals surface area contributed by atoms with E-state index in [1.54, 1.807) is 30.3 Å². The van der Waals surface area contributed by atoms with Crippen LogP contribution >= 0.6 is 15.9 Å². The van der Waals surface area contributed by atoms with E-state index in [1.807, 2.05) is 127 Å². The summed E-state index contributed by atoms with van der Waals surface area (Å²) in [5, 5.41) is 62.2. The van der Waals surface area contributed by atoms with Crippen LogP contribution in [0.25, 0.3) is 53.9 Å². The number of likely N-dealkylation sites (tertiary alicyclic amines) is 3. The standard InChI is InChI=1S/3C30H34FN3O4.C15H14FNO2.C10H6BrF/c3*31-24-6-3-21-16-25(7-4-20(21)15-24)34-12-9-23(18-34)30(36)32-26(19-33-10-1-2-11-33)29(35)22-5-8-27-28(17-22)38-14-13-37-27;16-13-3-1-11-8-14(4-2-10(11)7-13)17-6-5-12(9-17)15(18)19;11-9-3-1-8-6-10(12)4-2-7(8)5-9/h3*3-8,15-17,23,26,29,35H,1-2,9-14,18-19H2,(H,32,36);1-4,7-8,12H,5-6,9H2,(H,18,19);1-6H/t23?,26-,29-;23-,26+,29+;23-,26-,29-;;/m101../s1. The molecule has 3 amide bonds. The summed E-state index contributed by atoms with van der Waals surface area (Å²) in [5.74, 6) is 1.12. The molecule has 0 radical (unpaired) electrons. The molecule has 0 saturated carbocycles. The number of carboxylic acid groups (broad SMARTS) is 1. The third kappa shape index (κ3) is 25.2. The van der Waals surface area contributed by atoms with Crippen molar-refractivity contribution in [2.24, 2.45) is 23.7 Å². The molecule has 7 N–H and O–H groups in total. The lowest BCUT2D eigenvalue weighted by Gasteiger charge is -2.30. The van der Waals surface area contributed by atoms with E-state index < -0.39 is 42.4 Å². The number of carbonyl (C=O) groups excluding carboxylic acids is 3. The quantitative estimate of drug-likeness (QED) is 0.0294. The molecule has 7 saturated heterocycles. The number of nitrogens with one attached hydrogen (secondary N) is 3. The number of carboxylic acids is 1. The van der Waals surface area contributed by atoms with Crippen LogP contribution in [0.2, 0.25) is 0 Å². The SMILES string of the molecule is Fc1ccc2cc(Br)ccc2c1.O=C(N[C@H](CN1CCCC1)[C@H](O)c1ccc2c(c1)OCCO2)C1CCN(c2ccc3cc(F)ccc3c2)C1.O=C(N[C@H](CN1CCCC1)[C@H](O)c1ccc2c(c1)OCCO2)[C@@H]1CCN(c2ccc3cc(F)ccc3c2)C1.O=C(N[C@H](CN1CCCC1)[C@H](O)c1ccc2c(c1)OCCO2)[C@H]1CCN(c2ccc3cc(F)ccc3c2)C1.O=C(O)C1CCN(c2ccc3cc(F)ccc3c2)C1. The number of halogens is 6. The van der Waals surface area contributed by atoms with E-state index in [1.165, 1.54) is 60.7 Å². The summed E-state index contributed by atoms with van der Waals surface area (Å²) in [7, 11) is 0. The zero-order chi connectivity index (χ0) is 100. The fourth-order valence-corrected chi connectivity index (χ4v) is 21.7. The lowest BCUT2D eigenvalue weighted by atomic mass is 9.99. The predicted molar refractivity (Wildman–Crippen MR) is 556 cm³/mol. The number of aliphatic hydroxyl groups is 3. The number of rotatable bonds is 23. The van der Waals surface area contributed by atoms with Crippen LogP contribution in [0.5, 0.6) is 34.5 Å². The fourth-order valence-electron chi connectivity index (χ4n) is 21.3. The number of benzene rings is 13.